The maximum absolute atomic E-state index is 12.8. The topological polar surface area (TPSA) is 82.6 Å². The van der Waals surface area contributed by atoms with E-state index in [1.165, 1.54) is 0 Å². The summed E-state index contributed by atoms with van der Waals surface area (Å²) in [4.78, 5) is 31.4. The second-order valence-electron chi connectivity index (χ2n) is 8.79. The number of hydrogen-bond donors (Lipinski definition) is 1. The lowest BCUT2D eigenvalue weighted by atomic mass is 9.94. The third-order valence-corrected chi connectivity index (χ3v) is 6.45. The van der Waals surface area contributed by atoms with E-state index in [-0.39, 0.29) is 42.6 Å². The number of β-amino-alcohol motifs (C(OH)–C–C–N with tert-alkyl or cyclic N) is 1. The third kappa shape index (κ3) is 4.67. The molecule has 1 N–H and O–H groups in total. The second-order valence-corrected chi connectivity index (χ2v) is 8.79. The van der Waals surface area contributed by atoms with E-state index in [9.17, 15) is 14.7 Å². The van der Waals surface area contributed by atoms with Crippen LogP contribution in [0.4, 0.5) is 0 Å². The molecule has 4 fully saturated rings. The fraction of sp³-hybridized carbons (Fsp3) is 0.900. The van der Waals surface area contributed by atoms with E-state index in [0.29, 0.717) is 19.6 Å². The molecule has 2 amide bonds. The smallest absolute Gasteiger partial charge is 0.226 e. The molecular weight excluding hydrogens is 362 g/mol. The first-order valence-electron chi connectivity index (χ1n) is 10.7. The zero-order valence-electron chi connectivity index (χ0n) is 16.8. The van der Waals surface area contributed by atoms with E-state index in [1.807, 2.05) is 9.80 Å². The van der Waals surface area contributed by atoms with Crippen molar-refractivity contribution < 1.29 is 24.2 Å². The van der Waals surface area contributed by atoms with Gasteiger partial charge in [0.1, 0.15) is 6.10 Å². The zero-order chi connectivity index (χ0) is 19.7. The Morgan fingerprint density at radius 1 is 1.04 bits per heavy atom. The Labute approximate surface area is 166 Å². The van der Waals surface area contributed by atoms with Gasteiger partial charge >= 0.3 is 0 Å². The van der Waals surface area contributed by atoms with Crippen LogP contribution in [0.3, 0.4) is 0 Å². The van der Waals surface area contributed by atoms with E-state index in [0.717, 1.165) is 51.9 Å². The molecule has 8 heteroatoms. The van der Waals surface area contributed by atoms with Crippen LogP contribution in [0, 0.1) is 5.92 Å². The predicted molar refractivity (Wildman–Crippen MR) is 102 cm³/mol. The Hall–Kier alpha value is -1.22. The Morgan fingerprint density at radius 2 is 1.79 bits per heavy atom. The van der Waals surface area contributed by atoms with Crippen LogP contribution in [0.5, 0.6) is 0 Å². The summed E-state index contributed by atoms with van der Waals surface area (Å²) in [5.41, 5.74) is 0. The molecule has 28 heavy (non-hydrogen) atoms. The Bertz CT molecular complexity index is 576. The molecule has 1 aliphatic carbocycles. The van der Waals surface area contributed by atoms with Gasteiger partial charge in [0.25, 0.3) is 0 Å². The summed E-state index contributed by atoms with van der Waals surface area (Å²) in [7, 11) is 2.08. The fourth-order valence-electron chi connectivity index (χ4n) is 4.54. The van der Waals surface area contributed by atoms with E-state index >= 15 is 0 Å². The minimum atomic E-state index is -0.653. The Balaban J connectivity index is 1.36. The van der Waals surface area contributed by atoms with Crippen LogP contribution in [0.1, 0.15) is 32.1 Å². The van der Waals surface area contributed by atoms with Crippen LogP contribution < -0.4 is 0 Å². The summed E-state index contributed by atoms with van der Waals surface area (Å²) in [6, 6.07) is -0.0713. The van der Waals surface area contributed by atoms with Crippen LogP contribution >= 0.6 is 0 Å². The SMILES string of the molecule is CN1CCN(C(=O)C[C@H]2CC[C@@H]3[C@H](COC[C@@H](O)CN3C(=O)C3CC3)O2)CC1. The molecule has 0 spiro atoms. The molecule has 3 saturated heterocycles. The average Bonchev–Trinajstić information content (AvgIpc) is 3.50. The number of piperazine rings is 1. The number of carbonyl (C=O) groups is 2. The quantitative estimate of drug-likeness (QED) is 0.706. The van der Waals surface area contributed by atoms with Crippen molar-refractivity contribution in [3.8, 4) is 0 Å². The van der Waals surface area contributed by atoms with Crippen molar-refractivity contribution in [3.63, 3.8) is 0 Å². The van der Waals surface area contributed by atoms with Gasteiger partial charge in [-0.25, -0.2) is 0 Å². The van der Waals surface area contributed by atoms with Gasteiger partial charge in [-0.1, -0.05) is 0 Å². The largest absolute Gasteiger partial charge is 0.389 e. The molecule has 1 saturated carbocycles. The lowest BCUT2D eigenvalue weighted by Crippen LogP contribution is -2.58. The van der Waals surface area contributed by atoms with Crippen LogP contribution in [0.2, 0.25) is 0 Å². The molecule has 158 valence electrons. The summed E-state index contributed by atoms with van der Waals surface area (Å²) in [5, 5.41) is 10.1. The second kappa shape index (κ2) is 8.65. The summed E-state index contributed by atoms with van der Waals surface area (Å²) < 4.78 is 11.9. The minimum absolute atomic E-state index is 0.0713. The van der Waals surface area contributed by atoms with Gasteiger partial charge in [0, 0.05) is 38.6 Å². The van der Waals surface area contributed by atoms with E-state index < -0.39 is 6.10 Å². The van der Waals surface area contributed by atoms with Crippen LogP contribution in [0.25, 0.3) is 0 Å². The van der Waals surface area contributed by atoms with Crippen molar-refractivity contribution >= 4 is 11.8 Å². The highest BCUT2D eigenvalue weighted by atomic mass is 16.5. The van der Waals surface area contributed by atoms with Gasteiger partial charge in [0.15, 0.2) is 0 Å². The van der Waals surface area contributed by atoms with Gasteiger partial charge in [0.05, 0.1) is 37.9 Å². The highest BCUT2D eigenvalue weighted by Gasteiger charge is 2.43. The number of fused-ring (bicyclic) bond motifs is 1. The summed E-state index contributed by atoms with van der Waals surface area (Å²) in [6.07, 6.45) is 2.83. The Kier molecular flexibility index (Phi) is 6.20. The molecule has 3 aliphatic heterocycles. The summed E-state index contributed by atoms with van der Waals surface area (Å²) in [6.45, 7) is 4.26. The predicted octanol–water partition coefficient (Wildman–Crippen LogP) is -0.304. The maximum atomic E-state index is 12.8. The number of likely N-dealkylation sites (N-methyl/N-ethyl adjacent to an activating group) is 1. The molecule has 4 atom stereocenters. The van der Waals surface area contributed by atoms with Crippen molar-refractivity contribution in [1.29, 1.82) is 0 Å². The Morgan fingerprint density at radius 3 is 2.50 bits per heavy atom. The summed E-state index contributed by atoms with van der Waals surface area (Å²) in [5.74, 6) is 0.417. The monoisotopic (exact) mass is 395 g/mol. The standard InChI is InChI=1S/C20H33N3O5/c1-21-6-8-22(9-7-21)19(25)10-16-4-5-17-18(28-16)13-27-12-15(24)11-23(17)20(26)14-2-3-14/h14-18,24H,2-13H2,1H3/t15-,16+,17+,18-/m0/s1. The van der Waals surface area contributed by atoms with Crippen molar-refractivity contribution in [2.45, 2.75) is 56.5 Å². The molecule has 0 bridgehead atoms. The molecule has 0 aromatic rings. The number of amides is 2. The van der Waals surface area contributed by atoms with Gasteiger partial charge in [-0.3, -0.25) is 9.59 Å². The van der Waals surface area contributed by atoms with Gasteiger partial charge in [0.2, 0.25) is 11.8 Å². The lowest BCUT2D eigenvalue weighted by molar-refractivity contribution is -0.171. The van der Waals surface area contributed by atoms with Crippen LogP contribution in [-0.4, -0.2) is 109 Å². The first-order valence-corrected chi connectivity index (χ1v) is 10.7. The highest BCUT2D eigenvalue weighted by Crippen LogP contribution is 2.35. The first-order chi connectivity index (χ1) is 13.5. The molecule has 4 rings (SSSR count). The van der Waals surface area contributed by atoms with E-state index in [1.54, 1.807) is 0 Å². The van der Waals surface area contributed by atoms with Gasteiger partial charge in [-0.15, -0.1) is 0 Å². The first kappa shape index (κ1) is 20.1. The van der Waals surface area contributed by atoms with Crippen LogP contribution in [0.15, 0.2) is 0 Å². The van der Waals surface area contributed by atoms with Gasteiger partial charge < -0.3 is 29.3 Å². The molecular formula is C20H33N3O5. The molecule has 0 radical (unpaired) electrons. The molecule has 3 heterocycles. The van der Waals surface area contributed by atoms with Crippen molar-refractivity contribution in [2.75, 3.05) is 53.0 Å². The zero-order valence-corrected chi connectivity index (χ0v) is 16.8. The number of hydrogen-bond acceptors (Lipinski definition) is 6. The molecule has 0 aromatic carbocycles. The minimum Gasteiger partial charge on any atom is -0.389 e. The van der Waals surface area contributed by atoms with Gasteiger partial charge in [-0.05, 0) is 32.7 Å². The summed E-state index contributed by atoms with van der Waals surface area (Å²) >= 11 is 0. The average molecular weight is 396 g/mol. The highest BCUT2D eigenvalue weighted by molar-refractivity contribution is 5.81. The molecule has 0 unspecified atom stereocenters. The maximum Gasteiger partial charge on any atom is 0.226 e. The fourth-order valence-corrected chi connectivity index (χ4v) is 4.54. The number of nitrogens with zero attached hydrogens (tertiary/aromatic N) is 3. The molecule has 8 nitrogen and oxygen atoms in total. The van der Waals surface area contributed by atoms with Crippen molar-refractivity contribution in [1.82, 2.24) is 14.7 Å². The number of carbonyl (C=O) groups excluding carboxylic acids is 2. The number of ether oxygens (including phenoxy) is 2. The van der Waals surface area contributed by atoms with E-state index in [4.69, 9.17) is 9.47 Å². The van der Waals surface area contributed by atoms with Gasteiger partial charge in [-0.2, -0.15) is 0 Å². The number of aliphatic hydroxyl groups is 1. The van der Waals surface area contributed by atoms with Crippen molar-refractivity contribution in [2.24, 2.45) is 5.92 Å². The number of rotatable bonds is 3. The lowest BCUT2D eigenvalue weighted by Gasteiger charge is -2.45. The molecule has 0 aromatic heterocycles. The normalized spacial score (nSPS) is 35.1. The number of aliphatic hydroxyl groups excluding tert-OH is 1. The third-order valence-electron chi connectivity index (χ3n) is 6.45. The van der Waals surface area contributed by atoms with E-state index in [2.05, 4.69) is 11.9 Å². The van der Waals surface area contributed by atoms with Crippen molar-refractivity contribution in [3.05, 3.63) is 0 Å². The molecule has 4 aliphatic rings. The van der Waals surface area contributed by atoms with Crippen LogP contribution in [-0.2, 0) is 19.1 Å².